The molecule has 2 aromatic carbocycles. The first kappa shape index (κ1) is 16.0. The van der Waals surface area contributed by atoms with Crippen molar-refractivity contribution in [3.8, 4) is 5.75 Å². The second-order valence-corrected chi connectivity index (χ2v) is 5.18. The average molecular weight is 301 g/mol. The Morgan fingerprint density at radius 3 is 2.50 bits per heavy atom. The Morgan fingerprint density at radius 1 is 1.18 bits per heavy atom. The van der Waals surface area contributed by atoms with Gasteiger partial charge < -0.3 is 20.6 Å². The van der Waals surface area contributed by atoms with E-state index < -0.39 is 12.1 Å². The maximum absolute atomic E-state index is 11.0. The standard InChI is InChI=1S/C17H19NO4/c1-11(16(20)13-5-3-2-4-6-13)18-10-12-7-8-15(19)14(9-12)17(21)22/h2-9,11,16,18-20H,10H2,1H3,(H,21,22)/t11-,16-/m0/s1. The third-order valence-electron chi connectivity index (χ3n) is 3.53. The number of carbonyl (C=O) groups is 1. The van der Waals surface area contributed by atoms with Gasteiger partial charge in [0.15, 0.2) is 0 Å². The van der Waals surface area contributed by atoms with Crippen molar-refractivity contribution >= 4 is 5.97 Å². The number of phenols is 1. The Kier molecular flexibility index (Phi) is 5.14. The molecule has 0 spiro atoms. The Bertz CT molecular complexity index is 642. The van der Waals surface area contributed by atoms with Gasteiger partial charge in [-0.1, -0.05) is 36.4 Å². The van der Waals surface area contributed by atoms with Gasteiger partial charge in [0.1, 0.15) is 11.3 Å². The maximum Gasteiger partial charge on any atom is 0.339 e. The van der Waals surface area contributed by atoms with Gasteiger partial charge in [-0.3, -0.25) is 0 Å². The first-order valence-corrected chi connectivity index (χ1v) is 7.00. The van der Waals surface area contributed by atoms with Crippen molar-refractivity contribution < 1.29 is 20.1 Å². The van der Waals surface area contributed by atoms with Gasteiger partial charge in [0, 0.05) is 12.6 Å². The molecule has 0 unspecified atom stereocenters. The lowest BCUT2D eigenvalue weighted by Gasteiger charge is -2.21. The molecule has 0 aliphatic heterocycles. The highest BCUT2D eigenvalue weighted by Crippen LogP contribution is 2.20. The number of rotatable bonds is 6. The molecule has 0 aromatic heterocycles. The summed E-state index contributed by atoms with van der Waals surface area (Å²) in [5, 5.41) is 31.9. The fourth-order valence-corrected chi connectivity index (χ4v) is 2.19. The summed E-state index contributed by atoms with van der Waals surface area (Å²) in [6.45, 7) is 2.25. The van der Waals surface area contributed by atoms with Crippen LogP contribution in [0.1, 0.15) is 34.5 Å². The Balaban J connectivity index is 2.01. The van der Waals surface area contributed by atoms with Gasteiger partial charge in [-0.2, -0.15) is 0 Å². The number of aromatic hydroxyl groups is 1. The number of aliphatic hydroxyl groups is 1. The maximum atomic E-state index is 11.0. The van der Waals surface area contributed by atoms with Crippen LogP contribution in [-0.2, 0) is 6.54 Å². The zero-order chi connectivity index (χ0) is 16.1. The Labute approximate surface area is 128 Å². The van der Waals surface area contributed by atoms with Crippen LogP contribution in [-0.4, -0.2) is 27.3 Å². The fraction of sp³-hybridized carbons (Fsp3) is 0.235. The molecule has 22 heavy (non-hydrogen) atoms. The largest absolute Gasteiger partial charge is 0.507 e. The highest BCUT2D eigenvalue weighted by Gasteiger charge is 2.16. The van der Waals surface area contributed by atoms with Crippen LogP contribution in [0.15, 0.2) is 48.5 Å². The smallest absolute Gasteiger partial charge is 0.339 e. The summed E-state index contributed by atoms with van der Waals surface area (Å²) < 4.78 is 0. The van der Waals surface area contributed by atoms with E-state index >= 15 is 0 Å². The van der Waals surface area contributed by atoms with Crippen molar-refractivity contribution in [3.63, 3.8) is 0 Å². The minimum Gasteiger partial charge on any atom is -0.507 e. The van der Waals surface area contributed by atoms with Gasteiger partial charge in [-0.05, 0) is 30.2 Å². The summed E-state index contributed by atoms with van der Waals surface area (Å²) in [4.78, 5) is 11.0. The lowest BCUT2D eigenvalue weighted by Crippen LogP contribution is -2.31. The zero-order valence-electron chi connectivity index (χ0n) is 12.2. The molecular formula is C17H19NO4. The predicted octanol–water partition coefficient (Wildman–Crippen LogP) is 2.30. The molecule has 4 N–H and O–H groups in total. The molecule has 0 saturated carbocycles. The lowest BCUT2D eigenvalue weighted by atomic mass is 10.0. The quantitative estimate of drug-likeness (QED) is 0.657. The predicted molar refractivity (Wildman–Crippen MR) is 82.8 cm³/mol. The van der Waals surface area contributed by atoms with Crippen LogP contribution in [0.25, 0.3) is 0 Å². The number of carboxylic acid groups (broad SMARTS) is 1. The number of benzene rings is 2. The molecule has 0 amide bonds. The van der Waals surface area contributed by atoms with Crippen molar-refractivity contribution in [1.29, 1.82) is 0 Å². The summed E-state index contributed by atoms with van der Waals surface area (Å²) in [5.41, 5.74) is 1.41. The molecule has 0 aliphatic carbocycles. The molecule has 2 rings (SSSR count). The van der Waals surface area contributed by atoms with Gasteiger partial charge in [-0.25, -0.2) is 4.79 Å². The molecular weight excluding hydrogens is 282 g/mol. The topological polar surface area (TPSA) is 89.8 Å². The van der Waals surface area contributed by atoms with E-state index in [4.69, 9.17) is 5.11 Å². The molecule has 0 fully saturated rings. The molecule has 0 aliphatic rings. The monoisotopic (exact) mass is 301 g/mol. The van der Waals surface area contributed by atoms with Crippen molar-refractivity contribution in [2.75, 3.05) is 0 Å². The van der Waals surface area contributed by atoms with Crippen molar-refractivity contribution in [2.24, 2.45) is 0 Å². The summed E-state index contributed by atoms with van der Waals surface area (Å²) in [6, 6.07) is 13.6. The third kappa shape index (κ3) is 3.84. The van der Waals surface area contributed by atoms with E-state index in [-0.39, 0.29) is 17.4 Å². The molecule has 0 heterocycles. The summed E-state index contributed by atoms with van der Waals surface area (Å²) in [6.07, 6.45) is -0.655. The van der Waals surface area contributed by atoms with E-state index in [0.717, 1.165) is 11.1 Å². The van der Waals surface area contributed by atoms with Crippen LogP contribution in [0.4, 0.5) is 0 Å². The van der Waals surface area contributed by atoms with Gasteiger partial charge in [0.05, 0.1) is 6.10 Å². The van der Waals surface area contributed by atoms with E-state index in [1.165, 1.54) is 12.1 Å². The normalized spacial score (nSPS) is 13.5. The molecule has 2 aromatic rings. The van der Waals surface area contributed by atoms with E-state index in [9.17, 15) is 15.0 Å². The first-order chi connectivity index (χ1) is 10.5. The number of aromatic carboxylic acids is 1. The van der Waals surface area contributed by atoms with Crippen LogP contribution in [0.3, 0.4) is 0 Å². The van der Waals surface area contributed by atoms with Gasteiger partial charge >= 0.3 is 5.97 Å². The minimum atomic E-state index is -1.17. The second-order valence-electron chi connectivity index (χ2n) is 5.18. The van der Waals surface area contributed by atoms with Crippen LogP contribution >= 0.6 is 0 Å². The highest BCUT2D eigenvalue weighted by atomic mass is 16.4. The lowest BCUT2D eigenvalue weighted by molar-refractivity contribution is 0.0693. The average Bonchev–Trinajstić information content (AvgIpc) is 2.53. The first-order valence-electron chi connectivity index (χ1n) is 7.00. The van der Waals surface area contributed by atoms with Gasteiger partial charge in [0.2, 0.25) is 0 Å². The van der Waals surface area contributed by atoms with E-state index in [0.29, 0.717) is 6.54 Å². The number of nitrogens with one attached hydrogen (secondary N) is 1. The SMILES string of the molecule is C[C@H](NCc1ccc(O)c(C(=O)O)c1)[C@H](O)c1ccccc1. The summed E-state index contributed by atoms with van der Waals surface area (Å²) in [5.74, 6) is -1.43. The van der Waals surface area contributed by atoms with Crippen LogP contribution in [0, 0.1) is 0 Å². The number of hydrogen-bond acceptors (Lipinski definition) is 4. The number of aliphatic hydroxyl groups excluding tert-OH is 1. The molecule has 0 saturated heterocycles. The summed E-state index contributed by atoms with van der Waals surface area (Å²) in [7, 11) is 0. The van der Waals surface area contributed by atoms with E-state index in [1.807, 2.05) is 37.3 Å². The molecule has 0 bridgehead atoms. The molecule has 0 radical (unpaired) electrons. The third-order valence-corrected chi connectivity index (χ3v) is 3.53. The Hall–Kier alpha value is -2.37. The van der Waals surface area contributed by atoms with Crippen LogP contribution < -0.4 is 5.32 Å². The highest BCUT2D eigenvalue weighted by molar-refractivity contribution is 5.90. The Morgan fingerprint density at radius 2 is 1.86 bits per heavy atom. The second kappa shape index (κ2) is 7.06. The molecule has 116 valence electrons. The molecule has 5 heteroatoms. The van der Waals surface area contributed by atoms with E-state index in [2.05, 4.69) is 5.32 Å². The van der Waals surface area contributed by atoms with Gasteiger partial charge in [-0.15, -0.1) is 0 Å². The van der Waals surface area contributed by atoms with Crippen LogP contribution in [0.5, 0.6) is 5.75 Å². The number of carboxylic acids is 1. The van der Waals surface area contributed by atoms with Crippen molar-refractivity contribution in [1.82, 2.24) is 5.32 Å². The zero-order valence-corrected chi connectivity index (χ0v) is 12.2. The van der Waals surface area contributed by atoms with Crippen LogP contribution in [0.2, 0.25) is 0 Å². The minimum absolute atomic E-state index is 0.129. The number of hydrogen-bond donors (Lipinski definition) is 4. The van der Waals surface area contributed by atoms with Crippen molar-refractivity contribution in [2.45, 2.75) is 25.6 Å². The fourth-order valence-electron chi connectivity index (χ4n) is 2.19. The van der Waals surface area contributed by atoms with E-state index in [1.54, 1.807) is 6.07 Å². The van der Waals surface area contributed by atoms with Crippen molar-refractivity contribution in [3.05, 3.63) is 65.2 Å². The molecule has 5 nitrogen and oxygen atoms in total. The van der Waals surface area contributed by atoms with Gasteiger partial charge in [0.25, 0.3) is 0 Å². The molecule has 2 atom stereocenters. The summed E-state index contributed by atoms with van der Waals surface area (Å²) >= 11 is 0.